The molecule has 0 aliphatic carbocycles. The predicted octanol–water partition coefficient (Wildman–Crippen LogP) is 1.76. The largest absolute Gasteiger partial charge is 0.497 e. The Bertz CT molecular complexity index is 482. The first-order valence-electron chi connectivity index (χ1n) is 7.39. The molecule has 0 saturated carbocycles. The molecule has 1 heterocycles. The smallest absolute Gasteiger partial charge is 0.222 e. The molecule has 0 N–H and O–H groups in total. The lowest BCUT2D eigenvalue weighted by atomic mass is 10.1. The van der Waals surface area contributed by atoms with Crippen molar-refractivity contribution >= 4 is 5.91 Å². The van der Waals surface area contributed by atoms with Crippen molar-refractivity contribution in [2.24, 2.45) is 0 Å². The Kier molecular flexibility index (Phi) is 5.44. The van der Waals surface area contributed by atoms with E-state index >= 15 is 0 Å². The van der Waals surface area contributed by atoms with Crippen LogP contribution >= 0.6 is 0 Å². The highest BCUT2D eigenvalue weighted by molar-refractivity contribution is 5.75. The van der Waals surface area contributed by atoms with Gasteiger partial charge < -0.3 is 14.4 Å². The van der Waals surface area contributed by atoms with Crippen molar-refractivity contribution in [2.75, 3.05) is 40.4 Å². The third kappa shape index (κ3) is 3.88. The van der Waals surface area contributed by atoms with Crippen molar-refractivity contribution in [1.82, 2.24) is 9.80 Å². The summed E-state index contributed by atoms with van der Waals surface area (Å²) in [5.74, 6) is 1.96. The molecule has 1 aliphatic heterocycles. The zero-order valence-corrected chi connectivity index (χ0v) is 13.1. The van der Waals surface area contributed by atoms with Crippen LogP contribution in [0.5, 0.6) is 11.5 Å². The highest BCUT2D eigenvalue weighted by Gasteiger charge is 2.20. The molecule has 1 aliphatic rings. The summed E-state index contributed by atoms with van der Waals surface area (Å²) in [6.45, 7) is 6.13. The summed E-state index contributed by atoms with van der Waals surface area (Å²) in [6, 6.07) is 5.85. The van der Waals surface area contributed by atoms with Crippen LogP contribution < -0.4 is 9.47 Å². The molecular weight excluding hydrogens is 268 g/mol. The van der Waals surface area contributed by atoms with Gasteiger partial charge in [-0.15, -0.1) is 0 Å². The Labute approximate surface area is 126 Å². The van der Waals surface area contributed by atoms with Crippen LogP contribution in [-0.4, -0.2) is 56.1 Å². The van der Waals surface area contributed by atoms with E-state index in [0.717, 1.165) is 49.8 Å². The lowest BCUT2D eigenvalue weighted by molar-refractivity contribution is -0.132. The van der Waals surface area contributed by atoms with Gasteiger partial charge in [0.1, 0.15) is 11.5 Å². The number of methoxy groups -OCH3 is 2. The maximum Gasteiger partial charge on any atom is 0.222 e. The second-order valence-corrected chi connectivity index (χ2v) is 5.19. The van der Waals surface area contributed by atoms with Gasteiger partial charge in [0.15, 0.2) is 0 Å². The second-order valence-electron chi connectivity index (χ2n) is 5.19. The second kappa shape index (κ2) is 7.31. The molecular formula is C16H24N2O3. The molecule has 21 heavy (non-hydrogen) atoms. The van der Waals surface area contributed by atoms with E-state index < -0.39 is 0 Å². The van der Waals surface area contributed by atoms with E-state index in [9.17, 15) is 4.79 Å². The molecule has 2 rings (SSSR count). The van der Waals surface area contributed by atoms with Crippen molar-refractivity contribution in [3.63, 3.8) is 0 Å². The average Bonchev–Trinajstić information content (AvgIpc) is 2.54. The number of rotatable bonds is 5. The first-order chi connectivity index (χ1) is 10.2. The van der Waals surface area contributed by atoms with Gasteiger partial charge in [-0.1, -0.05) is 6.92 Å². The van der Waals surface area contributed by atoms with E-state index in [0.29, 0.717) is 6.42 Å². The van der Waals surface area contributed by atoms with Crippen molar-refractivity contribution in [1.29, 1.82) is 0 Å². The fourth-order valence-corrected chi connectivity index (χ4v) is 2.63. The first kappa shape index (κ1) is 15.6. The summed E-state index contributed by atoms with van der Waals surface area (Å²) < 4.78 is 10.7. The quantitative estimate of drug-likeness (QED) is 0.829. The van der Waals surface area contributed by atoms with Crippen LogP contribution in [0.2, 0.25) is 0 Å². The maximum absolute atomic E-state index is 11.7. The Balaban J connectivity index is 1.98. The Morgan fingerprint density at radius 1 is 1.14 bits per heavy atom. The summed E-state index contributed by atoms with van der Waals surface area (Å²) in [5.41, 5.74) is 1.12. The number of nitrogens with zero attached hydrogens (tertiary/aromatic N) is 2. The standard InChI is InChI=1S/C16H24N2O3/c1-4-16(19)18-9-7-17(8-10-18)12-13-11-14(20-2)5-6-15(13)21-3/h5-6,11H,4,7-10,12H2,1-3H3. The number of ether oxygens (including phenoxy) is 2. The average molecular weight is 292 g/mol. The van der Waals surface area contributed by atoms with Gasteiger partial charge in [0.05, 0.1) is 14.2 Å². The Morgan fingerprint density at radius 2 is 1.86 bits per heavy atom. The highest BCUT2D eigenvalue weighted by Crippen LogP contribution is 2.25. The molecule has 5 heteroatoms. The molecule has 1 fully saturated rings. The van der Waals surface area contributed by atoms with Gasteiger partial charge in [-0.2, -0.15) is 0 Å². The molecule has 0 unspecified atom stereocenters. The number of carbonyl (C=O) groups excluding carboxylic acids is 1. The molecule has 0 bridgehead atoms. The first-order valence-corrected chi connectivity index (χ1v) is 7.39. The number of benzene rings is 1. The SMILES string of the molecule is CCC(=O)N1CCN(Cc2cc(OC)ccc2OC)CC1. The van der Waals surface area contributed by atoms with Crippen LogP contribution in [0.15, 0.2) is 18.2 Å². The van der Waals surface area contributed by atoms with E-state index in [4.69, 9.17) is 9.47 Å². The van der Waals surface area contributed by atoms with Crippen LogP contribution in [0.1, 0.15) is 18.9 Å². The van der Waals surface area contributed by atoms with E-state index in [1.54, 1.807) is 14.2 Å². The normalized spacial score (nSPS) is 15.9. The van der Waals surface area contributed by atoms with Crippen LogP contribution in [0.25, 0.3) is 0 Å². The fraction of sp³-hybridized carbons (Fsp3) is 0.562. The van der Waals surface area contributed by atoms with Gasteiger partial charge in [0.2, 0.25) is 5.91 Å². The minimum absolute atomic E-state index is 0.244. The molecule has 1 aromatic rings. The van der Waals surface area contributed by atoms with Crippen molar-refractivity contribution in [3.8, 4) is 11.5 Å². The Hall–Kier alpha value is -1.75. The van der Waals surface area contributed by atoms with Gasteiger partial charge in [-0.05, 0) is 18.2 Å². The zero-order chi connectivity index (χ0) is 15.2. The molecule has 5 nitrogen and oxygen atoms in total. The third-order valence-corrected chi connectivity index (χ3v) is 3.91. The summed E-state index contributed by atoms with van der Waals surface area (Å²) in [4.78, 5) is 16.0. The van der Waals surface area contributed by atoms with Crippen LogP contribution in [0.4, 0.5) is 0 Å². The summed E-state index contributed by atoms with van der Waals surface area (Å²) in [7, 11) is 3.35. The maximum atomic E-state index is 11.7. The van der Waals surface area contributed by atoms with Crippen LogP contribution in [0, 0.1) is 0 Å². The molecule has 1 saturated heterocycles. The van der Waals surface area contributed by atoms with Crippen LogP contribution in [0.3, 0.4) is 0 Å². The van der Waals surface area contributed by atoms with E-state index in [-0.39, 0.29) is 5.91 Å². The van der Waals surface area contributed by atoms with Crippen molar-refractivity contribution in [3.05, 3.63) is 23.8 Å². The van der Waals surface area contributed by atoms with E-state index in [1.807, 2.05) is 30.0 Å². The molecule has 1 aromatic carbocycles. The summed E-state index contributed by atoms with van der Waals surface area (Å²) >= 11 is 0. The van der Waals surface area contributed by atoms with Gasteiger partial charge in [0.25, 0.3) is 0 Å². The minimum atomic E-state index is 0.244. The molecule has 0 radical (unpaired) electrons. The summed E-state index contributed by atoms with van der Waals surface area (Å²) in [6.07, 6.45) is 0.587. The zero-order valence-electron chi connectivity index (χ0n) is 13.1. The molecule has 0 aromatic heterocycles. The monoisotopic (exact) mass is 292 g/mol. The topological polar surface area (TPSA) is 42.0 Å². The Morgan fingerprint density at radius 3 is 2.43 bits per heavy atom. The van der Waals surface area contributed by atoms with E-state index in [2.05, 4.69) is 4.90 Å². The van der Waals surface area contributed by atoms with Gasteiger partial charge in [-0.3, -0.25) is 9.69 Å². The van der Waals surface area contributed by atoms with Gasteiger partial charge in [-0.25, -0.2) is 0 Å². The van der Waals surface area contributed by atoms with E-state index in [1.165, 1.54) is 0 Å². The molecule has 116 valence electrons. The number of carbonyl (C=O) groups is 1. The number of amides is 1. The summed E-state index contributed by atoms with van der Waals surface area (Å²) in [5, 5.41) is 0. The highest BCUT2D eigenvalue weighted by atomic mass is 16.5. The number of piperazine rings is 1. The van der Waals surface area contributed by atoms with Gasteiger partial charge >= 0.3 is 0 Å². The lowest BCUT2D eigenvalue weighted by Crippen LogP contribution is -2.48. The van der Waals surface area contributed by atoms with Crippen LogP contribution in [-0.2, 0) is 11.3 Å². The third-order valence-electron chi connectivity index (χ3n) is 3.91. The lowest BCUT2D eigenvalue weighted by Gasteiger charge is -2.34. The number of hydrogen-bond acceptors (Lipinski definition) is 4. The molecule has 0 atom stereocenters. The predicted molar refractivity (Wildman–Crippen MR) is 81.7 cm³/mol. The van der Waals surface area contributed by atoms with Crippen molar-refractivity contribution in [2.45, 2.75) is 19.9 Å². The minimum Gasteiger partial charge on any atom is -0.497 e. The fourth-order valence-electron chi connectivity index (χ4n) is 2.63. The number of hydrogen-bond donors (Lipinski definition) is 0. The molecule has 1 amide bonds. The van der Waals surface area contributed by atoms with Crippen molar-refractivity contribution < 1.29 is 14.3 Å². The molecule has 0 spiro atoms. The van der Waals surface area contributed by atoms with Gasteiger partial charge in [0, 0.05) is 44.7 Å².